The van der Waals surface area contributed by atoms with E-state index in [9.17, 15) is 8.42 Å². The third-order valence-electron chi connectivity index (χ3n) is 3.10. The van der Waals surface area contributed by atoms with Gasteiger partial charge in [-0.05, 0) is 24.5 Å². The molecule has 0 aromatic heterocycles. The van der Waals surface area contributed by atoms with Crippen molar-refractivity contribution in [3.63, 3.8) is 0 Å². The Morgan fingerprint density at radius 1 is 1.12 bits per heavy atom. The molecule has 0 bridgehead atoms. The van der Waals surface area contributed by atoms with Gasteiger partial charge < -0.3 is 0 Å². The average molecular weight is 254 g/mol. The summed E-state index contributed by atoms with van der Waals surface area (Å²) in [5.41, 5.74) is 0. The monoisotopic (exact) mass is 254 g/mol. The standard InChI is InChI=1S/C14H22O2S/c1-3-5-9-13(4-2)12-17(15,16)14-10-7-6-8-11-14/h6-8,10-11,13H,3-5,9,12H2,1-2H3. The maximum absolute atomic E-state index is 12.2. The first-order valence-electron chi connectivity index (χ1n) is 6.38. The molecule has 0 radical (unpaired) electrons. The van der Waals surface area contributed by atoms with Crippen molar-refractivity contribution in [2.75, 3.05) is 5.75 Å². The largest absolute Gasteiger partial charge is 0.224 e. The minimum absolute atomic E-state index is 0.285. The van der Waals surface area contributed by atoms with Gasteiger partial charge >= 0.3 is 0 Å². The quantitative estimate of drug-likeness (QED) is 0.744. The average Bonchev–Trinajstić information content (AvgIpc) is 2.35. The summed E-state index contributed by atoms with van der Waals surface area (Å²) in [5.74, 6) is 0.577. The predicted octanol–water partition coefficient (Wildman–Crippen LogP) is 3.68. The second-order valence-electron chi connectivity index (χ2n) is 4.51. The van der Waals surface area contributed by atoms with E-state index >= 15 is 0 Å². The van der Waals surface area contributed by atoms with Crippen molar-refractivity contribution in [1.29, 1.82) is 0 Å². The lowest BCUT2D eigenvalue weighted by Gasteiger charge is -2.14. The smallest absolute Gasteiger partial charge is 0.178 e. The van der Waals surface area contributed by atoms with Crippen LogP contribution in [0.25, 0.3) is 0 Å². The van der Waals surface area contributed by atoms with Crippen LogP contribution in [-0.2, 0) is 9.84 Å². The highest BCUT2D eigenvalue weighted by Gasteiger charge is 2.19. The molecule has 0 saturated heterocycles. The molecule has 0 amide bonds. The van der Waals surface area contributed by atoms with E-state index in [-0.39, 0.29) is 5.75 Å². The van der Waals surface area contributed by atoms with Crippen molar-refractivity contribution < 1.29 is 8.42 Å². The molecule has 3 heteroatoms. The van der Waals surface area contributed by atoms with Crippen LogP contribution in [0.15, 0.2) is 35.2 Å². The van der Waals surface area contributed by atoms with Gasteiger partial charge in [0.25, 0.3) is 0 Å². The zero-order valence-corrected chi connectivity index (χ0v) is 11.5. The highest BCUT2D eigenvalue weighted by atomic mass is 32.2. The second kappa shape index (κ2) is 6.80. The van der Waals surface area contributed by atoms with E-state index in [2.05, 4.69) is 13.8 Å². The Bertz CT molecular complexity index is 409. The number of benzene rings is 1. The maximum Gasteiger partial charge on any atom is 0.178 e. The summed E-state index contributed by atoms with van der Waals surface area (Å²) in [6.07, 6.45) is 4.19. The molecule has 1 rings (SSSR count). The summed E-state index contributed by atoms with van der Waals surface area (Å²) in [6, 6.07) is 8.76. The molecule has 0 spiro atoms. The molecule has 1 aromatic rings. The summed E-state index contributed by atoms with van der Waals surface area (Å²) in [6.45, 7) is 4.21. The zero-order chi connectivity index (χ0) is 12.7. The summed E-state index contributed by atoms with van der Waals surface area (Å²) in [5, 5.41) is 0. The Morgan fingerprint density at radius 2 is 1.76 bits per heavy atom. The van der Waals surface area contributed by atoms with Gasteiger partial charge in [0.15, 0.2) is 9.84 Å². The van der Waals surface area contributed by atoms with Gasteiger partial charge in [-0.2, -0.15) is 0 Å². The molecule has 1 aromatic carbocycles. The topological polar surface area (TPSA) is 34.1 Å². The molecule has 2 nitrogen and oxygen atoms in total. The summed E-state index contributed by atoms with van der Waals surface area (Å²) in [4.78, 5) is 0.454. The van der Waals surface area contributed by atoms with Gasteiger partial charge in [0, 0.05) is 0 Å². The minimum atomic E-state index is -3.10. The summed E-state index contributed by atoms with van der Waals surface area (Å²) >= 11 is 0. The first-order valence-corrected chi connectivity index (χ1v) is 8.03. The molecule has 0 N–H and O–H groups in total. The molecule has 17 heavy (non-hydrogen) atoms. The molecule has 1 unspecified atom stereocenters. The fraction of sp³-hybridized carbons (Fsp3) is 0.571. The Labute approximate surface area is 105 Å². The van der Waals surface area contributed by atoms with Crippen molar-refractivity contribution >= 4 is 9.84 Å². The third kappa shape index (κ3) is 4.50. The lowest BCUT2D eigenvalue weighted by atomic mass is 10.0. The molecular formula is C14H22O2S. The molecule has 0 aliphatic heterocycles. The highest BCUT2D eigenvalue weighted by Crippen LogP contribution is 2.19. The van der Waals surface area contributed by atoms with Crippen molar-refractivity contribution in [3.8, 4) is 0 Å². The van der Waals surface area contributed by atoms with E-state index in [0.717, 1.165) is 25.7 Å². The van der Waals surface area contributed by atoms with Crippen molar-refractivity contribution in [1.82, 2.24) is 0 Å². The number of rotatable bonds is 7. The number of hydrogen-bond acceptors (Lipinski definition) is 2. The van der Waals surface area contributed by atoms with Gasteiger partial charge in [-0.25, -0.2) is 8.42 Å². The first kappa shape index (κ1) is 14.2. The van der Waals surface area contributed by atoms with Crippen LogP contribution in [0.1, 0.15) is 39.5 Å². The van der Waals surface area contributed by atoms with Gasteiger partial charge in [-0.3, -0.25) is 0 Å². The maximum atomic E-state index is 12.2. The highest BCUT2D eigenvalue weighted by molar-refractivity contribution is 7.91. The number of unbranched alkanes of at least 4 members (excludes halogenated alkanes) is 1. The van der Waals surface area contributed by atoms with Gasteiger partial charge in [-0.15, -0.1) is 0 Å². The van der Waals surface area contributed by atoms with Gasteiger partial charge in [0.1, 0.15) is 0 Å². The van der Waals surface area contributed by atoms with Crippen LogP contribution >= 0.6 is 0 Å². The molecule has 96 valence electrons. The summed E-state index contributed by atoms with van der Waals surface area (Å²) < 4.78 is 24.3. The van der Waals surface area contributed by atoms with Gasteiger partial charge in [0.05, 0.1) is 10.6 Å². The molecule has 0 aliphatic carbocycles. The van der Waals surface area contributed by atoms with E-state index in [0.29, 0.717) is 10.8 Å². The van der Waals surface area contributed by atoms with Crippen LogP contribution in [0.5, 0.6) is 0 Å². The third-order valence-corrected chi connectivity index (χ3v) is 5.00. The van der Waals surface area contributed by atoms with Gasteiger partial charge in [0.2, 0.25) is 0 Å². The van der Waals surface area contributed by atoms with E-state index in [1.165, 1.54) is 0 Å². The molecule has 0 saturated carbocycles. The Morgan fingerprint density at radius 3 is 2.29 bits per heavy atom. The minimum Gasteiger partial charge on any atom is -0.224 e. The first-order chi connectivity index (χ1) is 8.10. The fourth-order valence-corrected chi connectivity index (χ4v) is 3.72. The predicted molar refractivity (Wildman–Crippen MR) is 71.8 cm³/mol. The van der Waals surface area contributed by atoms with E-state index in [4.69, 9.17) is 0 Å². The number of sulfone groups is 1. The lowest BCUT2D eigenvalue weighted by molar-refractivity contribution is 0.483. The van der Waals surface area contributed by atoms with Crippen LogP contribution in [-0.4, -0.2) is 14.2 Å². The fourth-order valence-electron chi connectivity index (χ4n) is 1.93. The van der Waals surface area contributed by atoms with Gasteiger partial charge in [-0.1, -0.05) is 51.3 Å². The molecule has 0 fully saturated rings. The van der Waals surface area contributed by atoms with Crippen molar-refractivity contribution in [3.05, 3.63) is 30.3 Å². The van der Waals surface area contributed by atoms with Crippen molar-refractivity contribution in [2.45, 2.75) is 44.4 Å². The normalized spacial score (nSPS) is 13.5. The van der Waals surface area contributed by atoms with Crippen LogP contribution in [0.3, 0.4) is 0 Å². The zero-order valence-electron chi connectivity index (χ0n) is 10.7. The summed E-state index contributed by atoms with van der Waals surface area (Å²) in [7, 11) is -3.10. The molecular weight excluding hydrogens is 232 g/mol. The number of hydrogen-bond donors (Lipinski definition) is 0. The van der Waals surface area contributed by atoms with Crippen LogP contribution in [0, 0.1) is 5.92 Å². The Balaban J connectivity index is 2.72. The Hall–Kier alpha value is -0.830. The lowest BCUT2D eigenvalue weighted by Crippen LogP contribution is -2.16. The van der Waals surface area contributed by atoms with E-state index in [1.807, 2.05) is 6.07 Å². The van der Waals surface area contributed by atoms with Crippen LogP contribution < -0.4 is 0 Å². The van der Waals surface area contributed by atoms with E-state index < -0.39 is 9.84 Å². The van der Waals surface area contributed by atoms with Crippen molar-refractivity contribution in [2.24, 2.45) is 5.92 Å². The van der Waals surface area contributed by atoms with Crippen LogP contribution in [0.4, 0.5) is 0 Å². The molecule has 0 aliphatic rings. The SMILES string of the molecule is CCCCC(CC)CS(=O)(=O)c1ccccc1. The van der Waals surface area contributed by atoms with Crippen LogP contribution in [0.2, 0.25) is 0 Å². The van der Waals surface area contributed by atoms with E-state index in [1.54, 1.807) is 24.3 Å². The molecule has 0 heterocycles. The Kier molecular flexibility index (Phi) is 5.69. The second-order valence-corrected chi connectivity index (χ2v) is 6.55. The molecule has 1 atom stereocenters.